The molecule has 2 amide bonds. The topological polar surface area (TPSA) is 88.7 Å². The number of benzene rings is 3. The van der Waals surface area contributed by atoms with Gasteiger partial charge < -0.3 is 9.47 Å². The third kappa shape index (κ3) is 7.10. The number of hydrogen-bond donors (Lipinski definition) is 3. The van der Waals surface area contributed by atoms with Crippen molar-refractivity contribution in [3.8, 4) is 11.5 Å². The minimum absolute atomic E-state index is 0.0196. The average Bonchev–Trinajstić information content (AvgIpc) is 2.82. The summed E-state index contributed by atoms with van der Waals surface area (Å²) in [5.74, 6) is 0.623. The second kappa shape index (κ2) is 11.5. The maximum absolute atomic E-state index is 12.3. The standard InChI is InChI=1S/C24H23N3O4S/c1-17-7-9-19(10-8-17)23(29)26-27-24(32)25-22(28)18-11-13-21(14-12-18)31-16-15-30-20-5-3-2-4-6-20/h2-14H,15-16H2,1H3,(H,26,29)(H2,25,27,28,32). The number of carbonyl (C=O) groups excluding carboxylic acids is 2. The maximum Gasteiger partial charge on any atom is 0.269 e. The molecule has 0 atom stereocenters. The quantitative estimate of drug-likeness (QED) is 0.291. The molecule has 0 spiro atoms. The van der Waals surface area contributed by atoms with Gasteiger partial charge in [-0.05, 0) is 67.7 Å². The van der Waals surface area contributed by atoms with Crippen LogP contribution in [-0.4, -0.2) is 30.1 Å². The van der Waals surface area contributed by atoms with E-state index in [9.17, 15) is 9.59 Å². The minimum atomic E-state index is -0.411. The number of hydrazine groups is 1. The number of para-hydroxylation sites is 1. The van der Waals surface area contributed by atoms with Gasteiger partial charge in [-0.15, -0.1) is 0 Å². The van der Waals surface area contributed by atoms with E-state index in [4.69, 9.17) is 21.7 Å². The van der Waals surface area contributed by atoms with Crippen LogP contribution in [-0.2, 0) is 0 Å². The van der Waals surface area contributed by atoms with Crippen LogP contribution in [0.3, 0.4) is 0 Å². The van der Waals surface area contributed by atoms with Crippen LogP contribution in [0, 0.1) is 6.92 Å². The Bertz CT molecular complexity index is 1050. The van der Waals surface area contributed by atoms with Gasteiger partial charge in [-0.3, -0.25) is 25.8 Å². The van der Waals surface area contributed by atoms with Crippen LogP contribution >= 0.6 is 12.2 Å². The highest BCUT2D eigenvalue weighted by Crippen LogP contribution is 2.13. The monoisotopic (exact) mass is 449 g/mol. The SMILES string of the molecule is Cc1ccc(C(=O)NNC(=S)NC(=O)c2ccc(OCCOc3ccccc3)cc2)cc1. The van der Waals surface area contributed by atoms with Crippen LogP contribution in [0.4, 0.5) is 0 Å². The van der Waals surface area contributed by atoms with Gasteiger partial charge in [0.2, 0.25) is 0 Å². The van der Waals surface area contributed by atoms with E-state index in [-0.39, 0.29) is 11.0 Å². The van der Waals surface area contributed by atoms with Gasteiger partial charge in [0.05, 0.1) is 0 Å². The van der Waals surface area contributed by atoms with Crippen molar-refractivity contribution in [3.63, 3.8) is 0 Å². The summed E-state index contributed by atoms with van der Waals surface area (Å²) in [6.45, 7) is 2.71. The fourth-order valence-corrected chi connectivity index (χ4v) is 2.78. The number of aryl methyl sites for hydroxylation is 1. The van der Waals surface area contributed by atoms with E-state index in [0.717, 1.165) is 11.3 Å². The van der Waals surface area contributed by atoms with E-state index in [1.807, 2.05) is 49.4 Å². The fourth-order valence-electron chi connectivity index (χ4n) is 2.64. The molecule has 3 N–H and O–H groups in total. The molecule has 8 heteroatoms. The Balaban J connectivity index is 1.39. The highest BCUT2D eigenvalue weighted by Gasteiger charge is 2.10. The molecule has 164 valence electrons. The maximum atomic E-state index is 12.3. The van der Waals surface area contributed by atoms with Crippen molar-refractivity contribution in [3.05, 3.63) is 95.6 Å². The number of rotatable bonds is 7. The molecule has 0 aromatic heterocycles. The Hall–Kier alpha value is -3.91. The lowest BCUT2D eigenvalue weighted by Gasteiger charge is -2.11. The lowest BCUT2D eigenvalue weighted by molar-refractivity contribution is 0.0934. The van der Waals surface area contributed by atoms with Gasteiger partial charge in [0.1, 0.15) is 24.7 Å². The molecule has 0 aliphatic carbocycles. The van der Waals surface area contributed by atoms with Crippen molar-refractivity contribution >= 4 is 29.1 Å². The van der Waals surface area contributed by atoms with Crippen LogP contribution in [0.15, 0.2) is 78.9 Å². The van der Waals surface area contributed by atoms with Crippen molar-refractivity contribution in [2.24, 2.45) is 0 Å². The van der Waals surface area contributed by atoms with Gasteiger partial charge in [-0.2, -0.15) is 0 Å². The smallest absolute Gasteiger partial charge is 0.269 e. The molecule has 0 bridgehead atoms. The van der Waals surface area contributed by atoms with Crippen molar-refractivity contribution < 1.29 is 19.1 Å². The van der Waals surface area contributed by atoms with E-state index >= 15 is 0 Å². The van der Waals surface area contributed by atoms with Gasteiger partial charge in [0.15, 0.2) is 5.11 Å². The predicted octanol–water partition coefficient (Wildman–Crippen LogP) is 3.40. The van der Waals surface area contributed by atoms with Gasteiger partial charge in [-0.25, -0.2) is 0 Å². The normalized spacial score (nSPS) is 10.0. The van der Waals surface area contributed by atoms with Crippen LogP contribution in [0.1, 0.15) is 26.3 Å². The summed E-state index contributed by atoms with van der Waals surface area (Å²) in [6.07, 6.45) is 0. The lowest BCUT2D eigenvalue weighted by atomic mass is 10.1. The first-order valence-electron chi connectivity index (χ1n) is 9.90. The first kappa shape index (κ1) is 22.8. The number of hydrogen-bond acceptors (Lipinski definition) is 5. The van der Waals surface area contributed by atoms with E-state index in [2.05, 4.69) is 16.2 Å². The summed E-state index contributed by atoms with van der Waals surface area (Å²) in [5, 5.41) is 2.49. The summed E-state index contributed by atoms with van der Waals surface area (Å²) in [7, 11) is 0. The van der Waals surface area contributed by atoms with Gasteiger partial charge in [0, 0.05) is 11.1 Å². The molecule has 7 nitrogen and oxygen atoms in total. The zero-order valence-electron chi connectivity index (χ0n) is 17.5. The molecule has 3 aromatic rings. The van der Waals surface area contributed by atoms with E-state index in [0.29, 0.717) is 30.1 Å². The van der Waals surface area contributed by atoms with Crippen molar-refractivity contribution in [1.82, 2.24) is 16.2 Å². The Kier molecular flexibility index (Phi) is 8.16. The minimum Gasteiger partial charge on any atom is -0.490 e. The predicted molar refractivity (Wildman–Crippen MR) is 126 cm³/mol. The number of ether oxygens (including phenoxy) is 2. The first-order valence-corrected chi connectivity index (χ1v) is 10.3. The number of thiocarbonyl (C=S) groups is 1. The lowest BCUT2D eigenvalue weighted by Crippen LogP contribution is -2.48. The van der Waals surface area contributed by atoms with Crippen LogP contribution in [0.2, 0.25) is 0 Å². The summed E-state index contributed by atoms with van der Waals surface area (Å²) in [6, 6.07) is 23.2. The van der Waals surface area contributed by atoms with Crippen molar-refractivity contribution in [2.45, 2.75) is 6.92 Å². The third-order valence-corrected chi connectivity index (χ3v) is 4.52. The molecule has 32 heavy (non-hydrogen) atoms. The zero-order chi connectivity index (χ0) is 22.8. The molecule has 0 unspecified atom stereocenters. The summed E-state index contributed by atoms with van der Waals surface area (Å²) < 4.78 is 11.2. The molecular weight excluding hydrogens is 426 g/mol. The highest BCUT2D eigenvalue weighted by molar-refractivity contribution is 7.80. The second-order valence-electron chi connectivity index (χ2n) is 6.76. The number of carbonyl (C=O) groups is 2. The second-order valence-corrected chi connectivity index (χ2v) is 7.17. The highest BCUT2D eigenvalue weighted by atomic mass is 32.1. The largest absolute Gasteiger partial charge is 0.490 e. The average molecular weight is 450 g/mol. The zero-order valence-corrected chi connectivity index (χ0v) is 18.3. The van der Waals surface area contributed by atoms with Gasteiger partial charge in [-0.1, -0.05) is 35.9 Å². The summed E-state index contributed by atoms with van der Waals surface area (Å²) in [5.41, 5.74) is 6.88. The molecule has 0 saturated carbocycles. The molecule has 3 rings (SSSR count). The molecule has 0 aliphatic heterocycles. The molecule has 0 fully saturated rings. The fraction of sp³-hybridized carbons (Fsp3) is 0.125. The van der Waals surface area contributed by atoms with Crippen LogP contribution < -0.4 is 25.6 Å². The molecular formula is C24H23N3O4S. The first-order chi connectivity index (χ1) is 15.5. The van der Waals surface area contributed by atoms with Crippen molar-refractivity contribution in [1.29, 1.82) is 0 Å². The molecule has 0 aliphatic rings. The van der Waals surface area contributed by atoms with Crippen molar-refractivity contribution in [2.75, 3.05) is 13.2 Å². The van der Waals surface area contributed by atoms with E-state index in [1.165, 1.54) is 0 Å². The number of amides is 2. The summed E-state index contributed by atoms with van der Waals surface area (Å²) >= 11 is 5.06. The molecule has 0 saturated heterocycles. The Labute approximate surface area is 191 Å². The number of nitrogens with one attached hydrogen (secondary N) is 3. The Morgan fingerprint density at radius 2 is 1.25 bits per heavy atom. The van der Waals surface area contributed by atoms with E-state index < -0.39 is 5.91 Å². The van der Waals surface area contributed by atoms with Crippen LogP contribution in [0.5, 0.6) is 11.5 Å². The summed E-state index contributed by atoms with van der Waals surface area (Å²) in [4.78, 5) is 24.4. The third-order valence-electron chi connectivity index (χ3n) is 4.31. The van der Waals surface area contributed by atoms with Gasteiger partial charge >= 0.3 is 0 Å². The molecule has 0 radical (unpaired) electrons. The van der Waals surface area contributed by atoms with E-state index in [1.54, 1.807) is 36.4 Å². The van der Waals surface area contributed by atoms with Gasteiger partial charge in [0.25, 0.3) is 11.8 Å². The Morgan fingerprint density at radius 1 is 0.719 bits per heavy atom. The molecule has 3 aromatic carbocycles. The van der Waals surface area contributed by atoms with Crippen LogP contribution in [0.25, 0.3) is 0 Å². The molecule has 0 heterocycles. The Morgan fingerprint density at radius 3 is 1.88 bits per heavy atom.